The van der Waals surface area contributed by atoms with E-state index in [1.165, 1.54) is 12.8 Å². The first-order chi connectivity index (χ1) is 5.83. The first kappa shape index (κ1) is 8.11. The number of rotatable bonds is 3. The zero-order valence-electron chi connectivity index (χ0n) is 7.62. The highest BCUT2D eigenvalue weighted by Gasteiger charge is 2.42. The van der Waals surface area contributed by atoms with Crippen LogP contribution in [0, 0.1) is 11.8 Å². The normalized spacial score (nSPS) is 35.7. The summed E-state index contributed by atoms with van der Waals surface area (Å²) in [6, 6.07) is 0.192. The maximum absolute atomic E-state index is 6.06. The average molecular weight is 167 g/mol. The summed E-state index contributed by atoms with van der Waals surface area (Å²) >= 11 is 0. The molecule has 68 valence electrons. The van der Waals surface area contributed by atoms with Crippen molar-refractivity contribution in [2.75, 3.05) is 6.61 Å². The Morgan fingerprint density at radius 2 is 2.58 bits per heavy atom. The Morgan fingerprint density at radius 3 is 3.08 bits per heavy atom. The molecule has 2 heteroatoms. The van der Waals surface area contributed by atoms with Crippen LogP contribution in [0.25, 0.3) is 0 Å². The van der Waals surface area contributed by atoms with Crippen molar-refractivity contribution in [2.45, 2.75) is 32.2 Å². The Labute approximate surface area is 73.8 Å². The molecule has 0 aromatic carbocycles. The van der Waals surface area contributed by atoms with Crippen molar-refractivity contribution in [2.24, 2.45) is 17.6 Å². The maximum atomic E-state index is 6.06. The molecule has 1 aliphatic carbocycles. The highest BCUT2D eigenvalue weighted by Crippen LogP contribution is 2.45. The van der Waals surface area contributed by atoms with Crippen LogP contribution >= 0.6 is 0 Å². The van der Waals surface area contributed by atoms with Crippen LogP contribution in [0.1, 0.15) is 26.2 Å². The summed E-state index contributed by atoms with van der Waals surface area (Å²) in [5, 5.41) is 0. The molecule has 12 heavy (non-hydrogen) atoms. The Bertz CT molecular complexity index is 200. The van der Waals surface area contributed by atoms with E-state index < -0.39 is 0 Å². The molecular weight excluding hydrogens is 150 g/mol. The van der Waals surface area contributed by atoms with Crippen LogP contribution in [0.5, 0.6) is 0 Å². The van der Waals surface area contributed by atoms with Crippen LogP contribution in [0.2, 0.25) is 0 Å². The van der Waals surface area contributed by atoms with E-state index in [-0.39, 0.29) is 6.04 Å². The second kappa shape index (κ2) is 3.09. The zero-order chi connectivity index (χ0) is 8.55. The standard InChI is InChI=1S/C10H17NO/c1-2-7-6-8(7)10(11)9-4-3-5-12-9/h4,7-8,10H,2-3,5-6,11H2,1H3/t7-,8-,10?/m1/s1. The summed E-state index contributed by atoms with van der Waals surface area (Å²) in [6.07, 6.45) is 5.77. The first-order valence-corrected chi connectivity index (χ1v) is 4.91. The van der Waals surface area contributed by atoms with Gasteiger partial charge >= 0.3 is 0 Å². The van der Waals surface area contributed by atoms with Crippen LogP contribution in [-0.2, 0) is 4.74 Å². The van der Waals surface area contributed by atoms with Crippen molar-refractivity contribution in [3.8, 4) is 0 Å². The first-order valence-electron chi connectivity index (χ1n) is 4.91. The van der Waals surface area contributed by atoms with E-state index in [0.29, 0.717) is 5.92 Å². The van der Waals surface area contributed by atoms with E-state index in [2.05, 4.69) is 13.0 Å². The highest BCUT2D eigenvalue weighted by molar-refractivity contribution is 5.12. The van der Waals surface area contributed by atoms with Crippen molar-refractivity contribution < 1.29 is 4.74 Å². The number of hydrogen-bond acceptors (Lipinski definition) is 2. The molecule has 0 radical (unpaired) electrons. The van der Waals surface area contributed by atoms with Crippen LogP contribution in [0.15, 0.2) is 11.8 Å². The summed E-state index contributed by atoms with van der Waals surface area (Å²) in [7, 11) is 0. The molecule has 1 fully saturated rings. The number of nitrogens with two attached hydrogens (primary N) is 1. The van der Waals surface area contributed by atoms with Gasteiger partial charge in [0.05, 0.1) is 12.6 Å². The van der Waals surface area contributed by atoms with E-state index in [0.717, 1.165) is 24.7 Å². The SMILES string of the molecule is CC[C@@H]1C[C@H]1C(N)C1=CCCO1. The summed E-state index contributed by atoms with van der Waals surface area (Å²) < 4.78 is 5.44. The Hall–Kier alpha value is -0.500. The molecule has 1 saturated carbocycles. The van der Waals surface area contributed by atoms with Gasteiger partial charge in [0.1, 0.15) is 5.76 Å². The van der Waals surface area contributed by atoms with Crippen molar-refractivity contribution in [1.82, 2.24) is 0 Å². The second-order valence-electron chi connectivity index (χ2n) is 3.84. The Balaban J connectivity index is 1.88. The summed E-state index contributed by atoms with van der Waals surface area (Å²) in [5.41, 5.74) is 6.06. The lowest BCUT2D eigenvalue weighted by Crippen LogP contribution is -2.26. The molecule has 1 aliphatic heterocycles. The molecule has 1 heterocycles. The molecule has 0 spiro atoms. The summed E-state index contributed by atoms with van der Waals surface area (Å²) in [6.45, 7) is 3.08. The van der Waals surface area contributed by atoms with Gasteiger partial charge in [-0.3, -0.25) is 0 Å². The molecule has 2 nitrogen and oxygen atoms in total. The average Bonchev–Trinajstić information content (AvgIpc) is 2.68. The van der Waals surface area contributed by atoms with Gasteiger partial charge in [0.25, 0.3) is 0 Å². The molecule has 0 amide bonds. The van der Waals surface area contributed by atoms with Crippen LogP contribution < -0.4 is 5.73 Å². The van der Waals surface area contributed by atoms with Crippen LogP contribution in [0.3, 0.4) is 0 Å². The fourth-order valence-corrected chi connectivity index (χ4v) is 2.06. The fourth-order valence-electron chi connectivity index (χ4n) is 2.06. The van der Waals surface area contributed by atoms with E-state index in [1.807, 2.05) is 0 Å². The van der Waals surface area contributed by atoms with Crippen molar-refractivity contribution >= 4 is 0 Å². The smallest absolute Gasteiger partial charge is 0.109 e. The number of hydrogen-bond donors (Lipinski definition) is 1. The minimum Gasteiger partial charge on any atom is -0.496 e. The molecule has 0 aromatic rings. The minimum absolute atomic E-state index is 0.192. The lowest BCUT2D eigenvalue weighted by atomic mass is 10.1. The maximum Gasteiger partial charge on any atom is 0.109 e. The summed E-state index contributed by atoms with van der Waals surface area (Å²) in [4.78, 5) is 0. The molecule has 1 unspecified atom stereocenters. The molecule has 0 bridgehead atoms. The lowest BCUT2D eigenvalue weighted by Gasteiger charge is -2.12. The van der Waals surface area contributed by atoms with E-state index >= 15 is 0 Å². The van der Waals surface area contributed by atoms with Crippen molar-refractivity contribution in [1.29, 1.82) is 0 Å². The Morgan fingerprint density at radius 1 is 1.75 bits per heavy atom. The predicted molar refractivity (Wildman–Crippen MR) is 48.5 cm³/mol. The van der Waals surface area contributed by atoms with Gasteiger partial charge in [-0.25, -0.2) is 0 Å². The zero-order valence-corrected chi connectivity index (χ0v) is 7.62. The van der Waals surface area contributed by atoms with Crippen molar-refractivity contribution in [3.63, 3.8) is 0 Å². The predicted octanol–water partition coefficient (Wildman–Crippen LogP) is 1.66. The van der Waals surface area contributed by atoms with Crippen LogP contribution in [0.4, 0.5) is 0 Å². The molecule has 0 saturated heterocycles. The molecule has 3 atom stereocenters. The topological polar surface area (TPSA) is 35.2 Å². The third-order valence-electron chi connectivity index (χ3n) is 3.02. The highest BCUT2D eigenvalue weighted by atomic mass is 16.5. The number of ether oxygens (including phenoxy) is 1. The molecule has 2 aliphatic rings. The van der Waals surface area contributed by atoms with Gasteiger partial charge in [-0.1, -0.05) is 13.3 Å². The summed E-state index contributed by atoms with van der Waals surface area (Å²) in [5.74, 6) is 2.63. The molecule has 2 rings (SSSR count). The molecule has 0 aromatic heterocycles. The largest absolute Gasteiger partial charge is 0.496 e. The van der Waals surface area contributed by atoms with Gasteiger partial charge in [-0.15, -0.1) is 0 Å². The third kappa shape index (κ3) is 1.36. The minimum atomic E-state index is 0.192. The van der Waals surface area contributed by atoms with Gasteiger partial charge in [-0.2, -0.15) is 0 Å². The van der Waals surface area contributed by atoms with Crippen LogP contribution in [-0.4, -0.2) is 12.6 Å². The van der Waals surface area contributed by atoms with Gasteiger partial charge in [0.2, 0.25) is 0 Å². The van der Waals surface area contributed by atoms with E-state index in [9.17, 15) is 0 Å². The second-order valence-corrected chi connectivity index (χ2v) is 3.84. The van der Waals surface area contributed by atoms with Gasteiger partial charge < -0.3 is 10.5 Å². The van der Waals surface area contributed by atoms with Crippen molar-refractivity contribution in [3.05, 3.63) is 11.8 Å². The Kier molecular flexibility index (Phi) is 2.09. The lowest BCUT2D eigenvalue weighted by molar-refractivity contribution is 0.218. The third-order valence-corrected chi connectivity index (χ3v) is 3.02. The molecular formula is C10H17NO. The van der Waals surface area contributed by atoms with E-state index in [4.69, 9.17) is 10.5 Å². The van der Waals surface area contributed by atoms with Gasteiger partial charge in [-0.05, 0) is 24.3 Å². The fraction of sp³-hybridized carbons (Fsp3) is 0.800. The van der Waals surface area contributed by atoms with Gasteiger partial charge in [0, 0.05) is 6.42 Å². The molecule has 2 N–H and O–H groups in total. The van der Waals surface area contributed by atoms with E-state index in [1.54, 1.807) is 0 Å². The van der Waals surface area contributed by atoms with Gasteiger partial charge in [0.15, 0.2) is 0 Å². The monoisotopic (exact) mass is 167 g/mol. The quantitative estimate of drug-likeness (QED) is 0.694.